The lowest BCUT2D eigenvalue weighted by molar-refractivity contribution is -0.0503. The molecule has 0 aromatic heterocycles. The Morgan fingerprint density at radius 1 is 1.13 bits per heavy atom. The fourth-order valence-electron chi connectivity index (χ4n) is 6.44. The third-order valence-corrected chi connectivity index (χ3v) is 7.19. The molecule has 5 rings (SSSR count). The summed E-state index contributed by atoms with van der Waals surface area (Å²) in [5, 5.41) is 3.34. The van der Waals surface area contributed by atoms with Gasteiger partial charge in [0, 0.05) is 25.7 Å². The van der Waals surface area contributed by atoms with Gasteiger partial charge in [0.15, 0.2) is 0 Å². The Labute approximate surface area is 141 Å². The first-order valence-corrected chi connectivity index (χ1v) is 9.72. The number of nitrogens with one attached hydrogen (secondary N) is 1. The molecule has 4 bridgehead atoms. The molecule has 1 heterocycles. The van der Waals surface area contributed by atoms with Gasteiger partial charge in [-0.2, -0.15) is 0 Å². The average molecular weight is 319 g/mol. The van der Waals surface area contributed by atoms with Crippen molar-refractivity contribution in [3.8, 4) is 0 Å². The van der Waals surface area contributed by atoms with Crippen LogP contribution in [0.25, 0.3) is 0 Å². The van der Waals surface area contributed by atoms with Crippen molar-refractivity contribution < 1.29 is 4.79 Å². The molecule has 1 saturated heterocycles. The Bertz CT molecular complexity index is 426. The smallest absolute Gasteiger partial charge is 0.317 e. The highest BCUT2D eigenvalue weighted by molar-refractivity contribution is 5.74. The summed E-state index contributed by atoms with van der Waals surface area (Å²) in [5.41, 5.74) is 0.446. The van der Waals surface area contributed by atoms with Gasteiger partial charge in [0.1, 0.15) is 0 Å². The fourth-order valence-corrected chi connectivity index (χ4v) is 6.44. The first-order chi connectivity index (χ1) is 11.0. The number of likely N-dealkylation sites (tertiary alicyclic amines) is 1. The molecule has 0 radical (unpaired) electrons. The average Bonchev–Trinajstić information content (AvgIpc) is 2.51. The molecule has 2 amide bonds. The van der Waals surface area contributed by atoms with Gasteiger partial charge < -0.3 is 15.1 Å². The molecule has 23 heavy (non-hydrogen) atoms. The number of hydrogen-bond acceptors (Lipinski definition) is 2. The molecule has 0 aromatic rings. The fraction of sp³-hybridized carbons (Fsp3) is 0.947. The van der Waals surface area contributed by atoms with Crippen LogP contribution in [0.15, 0.2) is 0 Å². The monoisotopic (exact) mass is 319 g/mol. The van der Waals surface area contributed by atoms with Gasteiger partial charge in [-0.05, 0) is 88.6 Å². The van der Waals surface area contributed by atoms with Crippen LogP contribution in [0.5, 0.6) is 0 Å². The Kier molecular flexibility index (Phi) is 4.07. The van der Waals surface area contributed by atoms with E-state index >= 15 is 0 Å². The zero-order valence-electron chi connectivity index (χ0n) is 14.9. The highest BCUT2D eigenvalue weighted by Crippen LogP contribution is 2.59. The van der Waals surface area contributed by atoms with Crippen molar-refractivity contribution in [3.63, 3.8) is 0 Å². The summed E-state index contributed by atoms with van der Waals surface area (Å²) < 4.78 is 0. The second-order valence-corrected chi connectivity index (χ2v) is 9.28. The highest BCUT2D eigenvalue weighted by atomic mass is 16.2. The first kappa shape index (κ1) is 15.7. The highest BCUT2D eigenvalue weighted by Gasteiger charge is 2.50. The van der Waals surface area contributed by atoms with Gasteiger partial charge in [-0.25, -0.2) is 4.79 Å². The van der Waals surface area contributed by atoms with Crippen LogP contribution in [0.2, 0.25) is 0 Å². The van der Waals surface area contributed by atoms with Crippen molar-refractivity contribution in [2.45, 2.75) is 57.4 Å². The molecule has 4 nitrogen and oxygen atoms in total. The number of rotatable bonds is 3. The van der Waals surface area contributed by atoms with Crippen molar-refractivity contribution in [1.29, 1.82) is 0 Å². The maximum absolute atomic E-state index is 12.7. The Morgan fingerprint density at radius 3 is 2.30 bits per heavy atom. The number of urea groups is 1. The molecule has 0 unspecified atom stereocenters. The lowest BCUT2D eigenvalue weighted by Crippen LogP contribution is -2.55. The van der Waals surface area contributed by atoms with E-state index in [9.17, 15) is 4.79 Å². The quantitative estimate of drug-likeness (QED) is 0.868. The van der Waals surface area contributed by atoms with Gasteiger partial charge in [-0.15, -0.1) is 0 Å². The number of amides is 2. The predicted octanol–water partition coefficient (Wildman–Crippen LogP) is 2.94. The number of hydrogen-bond donors (Lipinski definition) is 1. The van der Waals surface area contributed by atoms with Crippen molar-refractivity contribution in [3.05, 3.63) is 0 Å². The van der Waals surface area contributed by atoms with Crippen LogP contribution < -0.4 is 5.32 Å². The van der Waals surface area contributed by atoms with Crippen LogP contribution in [0.1, 0.15) is 51.4 Å². The summed E-state index contributed by atoms with van der Waals surface area (Å²) in [7, 11) is 4.25. The lowest BCUT2D eigenvalue weighted by Gasteiger charge is -2.57. The molecular formula is C19H33N3O. The van der Waals surface area contributed by atoms with E-state index < -0.39 is 0 Å². The van der Waals surface area contributed by atoms with Gasteiger partial charge in [0.25, 0.3) is 0 Å². The predicted molar refractivity (Wildman–Crippen MR) is 92.3 cm³/mol. The molecule has 5 fully saturated rings. The van der Waals surface area contributed by atoms with Crippen LogP contribution in [-0.2, 0) is 0 Å². The van der Waals surface area contributed by atoms with E-state index in [4.69, 9.17) is 0 Å². The zero-order valence-corrected chi connectivity index (χ0v) is 14.9. The molecule has 5 aliphatic rings. The second-order valence-electron chi connectivity index (χ2n) is 9.28. The number of nitrogens with zero attached hydrogens (tertiary/aromatic N) is 2. The van der Waals surface area contributed by atoms with E-state index in [1.165, 1.54) is 44.9 Å². The van der Waals surface area contributed by atoms with Crippen LogP contribution in [0.4, 0.5) is 4.79 Å². The van der Waals surface area contributed by atoms with Gasteiger partial charge in [-0.1, -0.05) is 0 Å². The van der Waals surface area contributed by atoms with Crippen molar-refractivity contribution in [2.75, 3.05) is 33.7 Å². The van der Waals surface area contributed by atoms with Crippen molar-refractivity contribution in [2.24, 2.45) is 23.2 Å². The number of likely N-dealkylation sites (N-methyl/N-ethyl adjacent to an activating group) is 1. The van der Waals surface area contributed by atoms with Gasteiger partial charge in [0.2, 0.25) is 0 Å². The molecular weight excluding hydrogens is 286 g/mol. The van der Waals surface area contributed by atoms with Gasteiger partial charge in [-0.3, -0.25) is 0 Å². The number of piperidine rings is 1. The SMILES string of the molecule is CN(C)[C@H]1CCCN(C(=O)NCC23CC4CC(CC(C4)C2)C3)C1. The van der Waals surface area contributed by atoms with Crippen LogP contribution in [0, 0.1) is 23.2 Å². The van der Waals surface area contributed by atoms with E-state index in [0.29, 0.717) is 11.5 Å². The zero-order chi connectivity index (χ0) is 16.0. The topological polar surface area (TPSA) is 35.6 Å². The minimum atomic E-state index is 0.187. The summed E-state index contributed by atoms with van der Waals surface area (Å²) in [6.45, 7) is 2.75. The van der Waals surface area contributed by atoms with Crippen molar-refractivity contribution in [1.82, 2.24) is 15.1 Å². The summed E-state index contributed by atoms with van der Waals surface area (Å²) in [5.74, 6) is 2.89. The molecule has 0 aromatic carbocycles. The van der Waals surface area contributed by atoms with Crippen LogP contribution in [-0.4, -0.2) is 55.6 Å². The van der Waals surface area contributed by atoms with Crippen LogP contribution >= 0.6 is 0 Å². The lowest BCUT2D eigenvalue weighted by atomic mass is 9.49. The molecule has 0 spiro atoms. The van der Waals surface area contributed by atoms with E-state index in [1.54, 1.807) is 0 Å². The molecule has 4 aliphatic carbocycles. The Hall–Kier alpha value is -0.770. The normalized spacial score (nSPS) is 42.3. The molecule has 130 valence electrons. The molecule has 1 N–H and O–H groups in total. The van der Waals surface area contributed by atoms with Gasteiger partial charge in [0.05, 0.1) is 0 Å². The van der Waals surface area contributed by atoms with E-state index in [0.717, 1.165) is 43.8 Å². The maximum Gasteiger partial charge on any atom is 0.317 e. The third kappa shape index (κ3) is 3.11. The van der Waals surface area contributed by atoms with Crippen molar-refractivity contribution >= 4 is 6.03 Å². The largest absolute Gasteiger partial charge is 0.337 e. The summed E-state index contributed by atoms with van der Waals surface area (Å²) >= 11 is 0. The summed E-state index contributed by atoms with van der Waals surface area (Å²) in [6.07, 6.45) is 10.9. The minimum Gasteiger partial charge on any atom is -0.337 e. The molecule has 1 aliphatic heterocycles. The van der Waals surface area contributed by atoms with E-state index in [1.807, 2.05) is 0 Å². The minimum absolute atomic E-state index is 0.187. The van der Waals surface area contributed by atoms with E-state index in [2.05, 4.69) is 29.2 Å². The Balaban J connectivity index is 1.33. The molecule has 4 heteroatoms. The standard InChI is InChI=1S/C19H33N3O/c1-21(2)17-4-3-5-22(12-17)18(23)20-13-19-9-14-6-15(10-19)8-16(7-14)11-19/h14-17H,3-13H2,1-2H3,(H,20,23)/t14?,15?,16?,17-,19?/m0/s1. The molecule has 4 saturated carbocycles. The van der Waals surface area contributed by atoms with Crippen LogP contribution in [0.3, 0.4) is 0 Å². The molecule has 1 atom stereocenters. The number of carbonyl (C=O) groups excluding carboxylic acids is 1. The van der Waals surface area contributed by atoms with E-state index in [-0.39, 0.29) is 6.03 Å². The summed E-state index contributed by atoms with van der Waals surface area (Å²) in [4.78, 5) is 17.0. The van der Waals surface area contributed by atoms with Gasteiger partial charge >= 0.3 is 6.03 Å². The Morgan fingerprint density at radius 2 is 1.74 bits per heavy atom. The summed E-state index contributed by atoms with van der Waals surface area (Å²) in [6, 6.07) is 0.710. The number of carbonyl (C=O) groups is 1. The first-order valence-electron chi connectivity index (χ1n) is 9.72. The third-order valence-electron chi connectivity index (χ3n) is 7.19. The maximum atomic E-state index is 12.7. The second kappa shape index (κ2) is 5.94.